The van der Waals surface area contributed by atoms with E-state index in [1.165, 1.54) is 27.7 Å². The second-order valence-corrected chi connectivity index (χ2v) is 24.6. The van der Waals surface area contributed by atoms with Crippen molar-refractivity contribution < 1.29 is 80.2 Å². The lowest BCUT2D eigenvalue weighted by Crippen LogP contribution is -2.36. The van der Waals surface area contributed by atoms with Gasteiger partial charge < -0.3 is 49.5 Å². The van der Waals surface area contributed by atoms with Crippen LogP contribution in [0.4, 0.5) is 5.69 Å². The zero-order valence-corrected chi connectivity index (χ0v) is 44.9. The molecule has 3 heterocycles. The molecule has 0 bridgehead atoms. The molecule has 402 valence electrons. The van der Waals surface area contributed by atoms with Crippen LogP contribution in [0.25, 0.3) is 0 Å². The average molecular weight is 1130 g/mol. The van der Waals surface area contributed by atoms with Gasteiger partial charge in [-0.1, -0.05) is 45.6 Å². The SMILES string of the molecule is CCN=C1C=C2Oc3cc(NCC)c(C)cc3C(c3ccc(C(=O)NCC(C)(C)SSCOCC#Cc4cn([C@H]5CC(ON)[C@@H](COP(=O)(O)OP(=O)(O)OP(=O)(O)O)O5)c(=O)[nH]c4=O)cc3C(=O)O)C2C=C1C. The number of nitrogens with two attached hydrogens (primary N) is 1. The molecule has 1 amide bonds. The predicted octanol–water partition coefficient (Wildman–Crippen LogP) is 5.23. The number of carboxylic acids is 1. The van der Waals surface area contributed by atoms with Gasteiger partial charge in [-0.3, -0.25) is 33.5 Å². The van der Waals surface area contributed by atoms with Crippen LogP contribution in [0.3, 0.4) is 0 Å². The summed E-state index contributed by atoms with van der Waals surface area (Å²) in [6.45, 7) is 12.1. The number of carboxylic acid groups (broad SMARTS) is 1. The monoisotopic (exact) mass is 1130 g/mol. The van der Waals surface area contributed by atoms with Crippen molar-refractivity contribution in [2.45, 2.75) is 77.1 Å². The first-order valence-corrected chi connectivity index (χ1v) is 29.3. The summed E-state index contributed by atoms with van der Waals surface area (Å²) in [6, 6.07) is 8.70. The van der Waals surface area contributed by atoms with Gasteiger partial charge >= 0.3 is 35.1 Å². The maximum absolute atomic E-state index is 13.6. The number of hydrogen-bond acceptors (Lipinski definition) is 19. The summed E-state index contributed by atoms with van der Waals surface area (Å²) in [7, 11) is -14.2. The average Bonchev–Trinajstić information content (AvgIpc) is 3.72. The van der Waals surface area contributed by atoms with Crippen LogP contribution in [-0.4, -0.2) is 108 Å². The molecule has 10 N–H and O–H groups in total. The van der Waals surface area contributed by atoms with Gasteiger partial charge in [0.25, 0.3) is 11.5 Å². The maximum Gasteiger partial charge on any atom is 0.490 e. The molecular formula is C44H55N6O19P3S2. The van der Waals surface area contributed by atoms with E-state index in [-0.39, 0.29) is 48.1 Å². The quantitative estimate of drug-likeness (QED) is 0.0155. The lowest BCUT2D eigenvalue weighted by Gasteiger charge is -2.37. The molecule has 5 unspecified atom stereocenters. The standard InChI is InChI=1S/C44H55N6O19P3S2/c1-7-46-32-17-34-30(14-24(32)3)39(31-15-25(4)33(47-8-2)18-35(31)65-34)28-12-11-26(16-29(28)42(53)54)40(51)48-22-44(5,6)74-73-23-63-13-9-10-27-20-50(43(55)49-41(27)52)38-19-36(67-45)37(66-38)21-64-71(59,60)69-72(61,62)68-70(56,57)58/h11-12,14-18,20,30,36-39,47H,7-8,13,19,21-23,45H2,1-6H3,(H,48,51)(H,53,54)(H,59,60)(H,61,62)(H,49,52,55)(H2,56,57,58)/t30?,36?,37-,38-,39?/m1/s1. The third-order valence-corrected chi connectivity index (χ3v) is 18.0. The molecule has 0 spiro atoms. The molecule has 2 aliphatic heterocycles. The number of aromatic carboxylic acids is 1. The first-order chi connectivity index (χ1) is 34.7. The van der Waals surface area contributed by atoms with Crippen LogP contribution in [0.5, 0.6) is 5.75 Å². The number of aromatic nitrogens is 2. The number of H-pyrrole nitrogens is 1. The number of phosphoric acid groups is 3. The van der Waals surface area contributed by atoms with Crippen LogP contribution in [0.1, 0.15) is 96.2 Å². The van der Waals surface area contributed by atoms with E-state index in [2.05, 4.69) is 51.7 Å². The Bertz CT molecular complexity index is 3070. The third kappa shape index (κ3) is 15.3. The maximum atomic E-state index is 13.6. The molecular weight excluding hydrogens is 1070 g/mol. The van der Waals surface area contributed by atoms with Crippen LogP contribution in [0.2, 0.25) is 0 Å². The normalized spacial score (nSPS) is 21.7. The van der Waals surface area contributed by atoms with Crippen LogP contribution in [0, 0.1) is 24.7 Å². The number of carbonyl (C=O) groups excluding carboxylic acids is 1. The second-order valence-electron chi connectivity index (χ2n) is 17.3. The van der Waals surface area contributed by atoms with Gasteiger partial charge in [-0.2, -0.15) is 8.62 Å². The van der Waals surface area contributed by atoms with Crippen molar-refractivity contribution >= 4 is 68.3 Å². The van der Waals surface area contributed by atoms with Crippen molar-refractivity contribution in [3.63, 3.8) is 0 Å². The van der Waals surface area contributed by atoms with Gasteiger partial charge in [-0.25, -0.2) is 29.2 Å². The summed E-state index contributed by atoms with van der Waals surface area (Å²) in [5.41, 5.74) is 3.19. The minimum Gasteiger partial charge on any atom is -0.478 e. The van der Waals surface area contributed by atoms with Gasteiger partial charge in [-0.05, 0) is 76.4 Å². The highest BCUT2D eigenvalue weighted by molar-refractivity contribution is 8.77. The first-order valence-electron chi connectivity index (χ1n) is 22.4. The molecule has 0 radical (unpaired) electrons. The van der Waals surface area contributed by atoms with E-state index in [4.69, 9.17) is 34.7 Å². The third-order valence-electron chi connectivity index (χ3n) is 11.2. The number of amides is 1. The molecule has 25 nitrogen and oxygen atoms in total. The zero-order chi connectivity index (χ0) is 54.3. The van der Waals surface area contributed by atoms with Crippen LogP contribution in [0.15, 0.2) is 74.6 Å². The Hall–Kier alpha value is -4.68. The lowest BCUT2D eigenvalue weighted by molar-refractivity contribution is -0.0618. The molecule has 1 aromatic heterocycles. The van der Waals surface area contributed by atoms with Crippen LogP contribution < -0.4 is 32.5 Å². The van der Waals surface area contributed by atoms with Gasteiger partial charge in [0.15, 0.2) is 0 Å². The molecule has 3 aromatic rings. The molecule has 7 atom stereocenters. The van der Waals surface area contributed by atoms with Crippen molar-refractivity contribution in [1.29, 1.82) is 0 Å². The molecule has 30 heteroatoms. The number of fused-ring (bicyclic) bond motifs is 2. The van der Waals surface area contributed by atoms with E-state index < -0.39 is 82.3 Å². The number of anilines is 1. The summed E-state index contributed by atoms with van der Waals surface area (Å²) in [5, 5.41) is 16.9. The van der Waals surface area contributed by atoms with E-state index >= 15 is 0 Å². The number of aliphatic imine (C=N–C) groups is 1. The Morgan fingerprint density at radius 2 is 1.80 bits per heavy atom. The summed E-state index contributed by atoms with van der Waals surface area (Å²) in [5.74, 6) is 9.58. The number of nitrogens with zero attached hydrogens (tertiary/aromatic N) is 2. The highest BCUT2D eigenvalue weighted by atomic mass is 33.1. The number of allylic oxidation sites excluding steroid dienone is 3. The van der Waals surface area contributed by atoms with E-state index in [0.29, 0.717) is 30.2 Å². The number of aromatic amines is 1. The smallest absolute Gasteiger partial charge is 0.478 e. The van der Waals surface area contributed by atoms with E-state index in [1.54, 1.807) is 12.1 Å². The molecule has 74 heavy (non-hydrogen) atoms. The molecule has 3 aliphatic rings. The minimum atomic E-state index is -5.79. The van der Waals surface area contributed by atoms with Gasteiger partial charge in [0.05, 0.1) is 17.9 Å². The van der Waals surface area contributed by atoms with Crippen molar-refractivity contribution in [3.05, 3.63) is 114 Å². The fourth-order valence-corrected chi connectivity index (χ4v) is 13.2. The molecule has 0 saturated carbocycles. The summed E-state index contributed by atoms with van der Waals surface area (Å²) < 4.78 is 64.9. The molecule has 6 rings (SSSR count). The Kier molecular flexibility index (Phi) is 19.4. The highest BCUT2D eigenvalue weighted by Gasteiger charge is 2.44. The summed E-state index contributed by atoms with van der Waals surface area (Å²) in [6.07, 6.45) is 1.21. The summed E-state index contributed by atoms with van der Waals surface area (Å²) >= 11 is 0. The van der Waals surface area contributed by atoms with Crippen molar-refractivity contribution in [2.75, 3.05) is 44.1 Å². The Morgan fingerprint density at radius 1 is 1.05 bits per heavy atom. The fourth-order valence-electron chi connectivity index (χ4n) is 8.03. The molecule has 1 aliphatic carbocycles. The topological polar surface area (TPSA) is 368 Å². The van der Waals surface area contributed by atoms with E-state index in [9.17, 15) is 47.8 Å². The fraction of sp³-hybridized carbons (Fsp3) is 0.432. The number of hydrogen-bond donors (Lipinski definition) is 9. The van der Waals surface area contributed by atoms with Crippen LogP contribution in [-0.2, 0) is 41.2 Å². The molecule has 2 aromatic carbocycles. The summed E-state index contributed by atoms with van der Waals surface area (Å²) in [4.78, 5) is 100. The number of aryl methyl sites for hydroxylation is 1. The van der Waals surface area contributed by atoms with Crippen molar-refractivity contribution in [1.82, 2.24) is 14.9 Å². The van der Waals surface area contributed by atoms with Crippen LogP contribution >= 0.6 is 45.1 Å². The van der Waals surface area contributed by atoms with Crippen molar-refractivity contribution in [2.24, 2.45) is 16.8 Å². The predicted molar refractivity (Wildman–Crippen MR) is 273 cm³/mol. The van der Waals surface area contributed by atoms with E-state index in [1.807, 2.05) is 59.8 Å². The number of ether oxygens (including phenoxy) is 3. The minimum absolute atomic E-state index is 0.0105. The largest absolute Gasteiger partial charge is 0.490 e. The number of rotatable bonds is 22. The zero-order valence-electron chi connectivity index (χ0n) is 40.5. The Balaban J connectivity index is 1.03. The Labute approximate surface area is 431 Å². The lowest BCUT2D eigenvalue weighted by atomic mass is 9.73. The van der Waals surface area contributed by atoms with Gasteiger partial charge in [0.2, 0.25) is 0 Å². The van der Waals surface area contributed by atoms with E-state index in [0.717, 1.165) is 38.9 Å². The second kappa shape index (κ2) is 24.5. The number of phosphoric ester groups is 1. The molecule has 1 saturated heterocycles. The number of carbonyl (C=O) groups is 2. The Morgan fingerprint density at radius 3 is 2.47 bits per heavy atom. The number of benzene rings is 2. The highest BCUT2D eigenvalue weighted by Crippen LogP contribution is 2.66. The number of nitrogens with one attached hydrogen (secondary N) is 3. The van der Waals surface area contributed by atoms with Gasteiger partial charge in [-0.15, -0.1) is 0 Å². The first kappa shape index (κ1) is 58.6. The van der Waals surface area contributed by atoms with Crippen molar-refractivity contribution in [3.8, 4) is 17.6 Å². The van der Waals surface area contributed by atoms with Gasteiger partial charge in [0.1, 0.15) is 48.1 Å². The molecule has 1 fully saturated rings. The van der Waals surface area contributed by atoms with Gasteiger partial charge in [0, 0.05) is 77.8 Å².